The summed E-state index contributed by atoms with van der Waals surface area (Å²) < 4.78 is 0. The van der Waals surface area contributed by atoms with Gasteiger partial charge in [0.1, 0.15) is 5.92 Å². The fourth-order valence-corrected chi connectivity index (χ4v) is 1.60. The second-order valence-corrected chi connectivity index (χ2v) is 3.05. The van der Waals surface area contributed by atoms with Gasteiger partial charge in [-0.2, -0.15) is 0 Å². The van der Waals surface area contributed by atoms with Crippen LogP contribution in [0.1, 0.15) is 6.42 Å². The average molecular weight is 182 g/mol. The minimum absolute atomic E-state index is 0.0893. The number of carbonyl (C=O) groups is 4. The molecule has 0 radical (unpaired) electrons. The third-order valence-electron chi connectivity index (χ3n) is 2.22. The lowest BCUT2D eigenvalue weighted by Gasteiger charge is -2.19. The summed E-state index contributed by atoms with van der Waals surface area (Å²) in [5, 5.41) is 4.03. The molecule has 2 atom stereocenters. The molecule has 2 N–H and O–H groups in total. The highest BCUT2D eigenvalue weighted by molar-refractivity contribution is 6.20. The number of nitrogens with one attached hydrogen (secondary N) is 2. The number of piperidine rings is 1. The van der Waals surface area contributed by atoms with Crippen LogP contribution in [-0.2, 0) is 19.2 Å². The van der Waals surface area contributed by atoms with Gasteiger partial charge in [-0.3, -0.25) is 29.8 Å². The quantitative estimate of drug-likeness (QED) is 0.332. The van der Waals surface area contributed by atoms with E-state index in [2.05, 4.69) is 0 Å². The van der Waals surface area contributed by atoms with Crippen molar-refractivity contribution in [2.75, 3.05) is 0 Å². The smallest absolute Gasteiger partial charge is 0.239 e. The van der Waals surface area contributed by atoms with E-state index >= 15 is 0 Å². The van der Waals surface area contributed by atoms with Crippen molar-refractivity contribution in [1.82, 2.24) is 10.6 Å². The van der Waals surface area contributed by atoms with Crippen LogP contribution in [-0.4, -0.2) is 23.6 Å². The van der Waals surface area contributed by atoms with E-state index in [9.17, 15) is 19.2 Å². The average Bonchev–Trinajstić information content (AvgIpc) is 2.27. The van der Waals surface area contributed by atoms with Crippen molar-refractivity contribution in [2.45, 2.75) is 6.42 Å². The van der Waals surface area contributed by atoms with Crippen LogP contribution in [0.4, 0.5) is 0 Å². The van der Waals surface area contributed by atoms with E-state index in [1.165, 1.54) is 0 Å². The molecule has 2 fully saturated rings. The summed E-state index contributed by atoms with van der Waals surface area (Å²) in [5.74, 6) is -4.13. The monoisotopic (exact) mass is 182 g/mol. The number of rotatable bonds is 0. The number of imide groups is 2. The van der Waals surface area contributed by atoms with Crippen LogP contribution >= 0.6 is 0 Å². The number of fused-ring (bicyclic) bond motifs is 1. The number of hydrogen-bond donors (Lipinski definition) is 2. The summed E-state index contributed by atoms with van der Waals surface area (Å²) in [7, 11) is 0. The van der Waals surface area contributed by atoms with Gasteiger partial charge in [-0.25, -0.2) is 0 Å². The molecule has 13 heavy (non-hydrogen) atoms. The summed E-state index contributed by atoms with van der Waals surface area (Å²) in [4.78, 5) is 44.0. The molecule has 2 heterocycles. The minimum atomic E-state index is -1.01. The van der Waals surface area contributed by atoms with Gasteiger partial charge < -0.3 is 0 Å². The summed E-state index contributed by atoms with van der Waals surface area (Å²) in [6.45, 7) is 0. The Kier molecular flexibility index (Phi) is 1.45. The van der Waals surface area contributed by atoms with E-state index in [1.807, 2.05) is 10.6 Å². The maximum Gasteiger partial charge on any atom is 0.239 e. The zero-order valence-corrected chi connectivity index (χ0v) is 6.49. The molecule has 2 aliphatic rings. The molecule has 4 amide bonds. The van der Waals surface area contributed by atoms with Crippen molar-refractivity contribution in [3.8, 4) is 0 Å². The number of carbonyl (C=O) groups excluding carboxylic acids is 4. The molecule has 0 unspecified atom stereocenters. The van der Waals surface area contributed by atoms with Crippen LogP contribution in [0.25, 0.3) is 0 Å². The van der Waals surface area contributed by atoms with E-state index in [0.29, 0.717) is 0 Å². The Bertz CT molecular complexity index is 335. The molecule has 2 rings (SSSR count). The number of hydrogen-bond acceptors (Lipinski definition) is 4. The van der Waals surface area contributed by atoms with E-state index in [4.69, 9.17) is 0 Å². The van der Waals surface area contributed by atoms with Gasteiger partial charge in [0.05, 0.1) is 5.92 Å². The molecule has 0 aromatic heterocycles. The lowest BCUT2D eigenvalue weighted by molar-refractivity contribution is -0.143. The lowest BCUT2D eigenvalue weighted by Crippen LogP contribution is -2.47. The van der Waals surface area contributed by atoms with E-state index < -0.39 is 35.5 Å². The fraction of sp³-hybridized carbons (Fsp3) is 0.429. The van der Waals surface area contributed by atoms with Gasteiger partial charge in [-0.1, -0.05) is 0 Å². The molecule has 6 heteroatoms. The van der Waals surface area contributed by atoms with E-state index in [0.717, 1.165) is 0 Å². The number of amides is 4. The molecule has 0 aliphatic carbocycles. The molecule has 0 spiro atoms. The van der Waals surface area contributed by atoms with Crippen LogP contribution in [0.15, 0.2) is 0 Å². The van der Waals surface area contributed by atoms with E-state index in [-0.39, 0.29) is 6.42 Å². The highest BCUT2D eigenvalue weighted by Crippen LogP contribution is 2.25. The van der Waals surface area contributed by atoms with Crippen LogP contribution in [0.3, 0.4) is 0 Å². The molecular weight excluding hydrogens is 176 g/mol. The van der Waals surface area contributed by atoms with Gasteiger partial charge in [-0.15, -0.1) is 0 Å². The molecule has 0 bridgehead atoms. The van der Waals surface area contributed by atoms with Crippen molar-refractivity contribution in [3.05, 3.63) is 0 Å². The molecule has 0 aromatic carbocycles. The predicted octanol–water partition coefficient (Wildman–Crippen LogP) is -2.08. The van der Waals surface area contributed by atoms with Crippen molar-refractivity contribution in [1.29, 1.82) is 0 Å². The Morgan fingerprint density at radius 1 is 0.923 bits per heavy atom. The Balaban J connectivity index is 2.34. The first-order valence-electron chi connectivity index (χ1n) is 3.78. The standard InChI is InChI=1S/C7H6N2O4/c10-3-1-2-4(6(12)8-3)7(13)9-5(2)11/h2,4H,1H2,(H,8,10,12)(H,9,11,13)/t2-,4+/m1/s1. The highest BCUT2D eigenvalue weighted by atomic mass is 16.2. The second-order valence-electron chi connectivity index (χ2n) is 3.05. The molecule has 0 aromatic rings. The predicted molar refractivity (Wildman–Crippen MR) is 37.9 cm³/mol. The van der Waals surface area contributed by atoms with Crippen LogP contribution < -0.4 is 10.6 Å². The van der Waals surface area contributed by atoms with Crippen molar-refractivity contribution in [2.24, 2.45) is 11.8 Å². The Labute approximate surface area is 72.7 Å². The molecule has 68 valence electrons. The minimum Gasteiger partial charge on any atom is -0.296 e. The Hall–Kier alpha value is -1.72. The molecular formula is C7H6N2O4. The van der Waals surface area contributed by atoms with E-state index in [1.54, 1.807) is 0 Å². The third kappa shape index (κ3) is 1.02. The molecule has 2 saturated heterocycles. The summed E-state index contributed by atoms with van der Waals surface area (Å²) in [6.07, 6.45) is -0.0893. The lowest BCUT2D eigenvalue weighted by atomic mass is 9.88. The van der Waals surface area contributed by atoms with Crippen molar-refractivity contribution < 1.29 is 19.2 Å². The largest absolute Gasteiger partial charge is 0.296 e. The van der Waals surface area contributed by atoms with Gasteiger partial charge in [0, 0.05) is 6.42 Å². The second kappa shape index (κ2) is 2.38. The maximum absolute atomic E-state index is 11.1. The summed E-state index contributed by atoms with van der Waals surface area (Å²) >= 11 is 0. The third-order valence-corrected chi connectivity index (χ3v) is 2.22. The molecule has 0 saturated carbocycles. The highest BCUT2D eigenvalue weighted by Gasteiger charge is 2.50. The van der Waals surface area contributed by atoms with Crippen LogP contribution in [0.2, 0.25) is 0 Å². The Morgan fingerprint density at radius 3 is 2.23 bits per heavy atom. The normalized spacial score (nSPS) is 32.6. The van der Waals surface area contributed by atoms with Gasteiger partial charge >= 0.3 is 0 Å². The maximum atomic E-state index is 11.1. The molecule has 6 nitrogen and oxygen atoms in total. The first kappa shape index (κ1) is 7.90. The van der Waals surface area contributed by atoms with Crippen LogP contribution in [0.5, 0.6) is 0 Å². The summed E-state index contributed by atoms with van der Waals surface area (Å²) in [6, 6.07) is 0. The first-order valence-corrected chi connectivity index (χ1v) is 3.78. The van der Waals surface area contributed by atoms with Gasteiger partial charge in [0.2, 0.25) is 23.6 Å². The van der Waals surface area contributed by atoms with Crippen molar-refractivity contribution >= 4 is 23.6 Å². The summed E-state index contributed by atoms with van der Waals surface area (Å²) in [5.41, 5.74) is 0. The first-order chi connectivity index (χ1) is 6.09. The SMILES string of the molecule is O=C1C[C@H]2C(=O)NC(=O)[C@@H]2C(=O)N1. The van der Waals surface area contributed by atoms with Crippen LogP contribution in [0, 0.1) is 11.8 Å². The van der Waals surface area contributed by atoms with Gasteiger partial charge in [-0.05, 0) is 0 Å². The zero-order chi connectivity index (χ0) is 9.59. The zero-order valence-electron chi connectivity index (χ0n) is 6.49. The molecule has 2 aliphatic heterocycles. The van der Waals surface area contributed by atoms with Gasteiger partial charge in [0.15, 0.2) is 0 Å². The topological polar surface area (TPSA) is 92.3 Å². The van der Waals surface area contributed by atoms with Gasteiger partial charge in [0.25, 0.3) is 0 Å². The fourth-order valence-electron chi connectivity index (χ4n) is 1.60. The van der Waals surface area contributed by atoms with Crippen molar-refractivity contribution in [3.63, 3.8) is 0 Å². The Morgan fingerprint density at radius 2 is 1.54 bits per heavy atom.